The molecule has 0 N–H and O–H groups in total. The Morgan fingerprint density at radius 3 is 2.37 bits per heavy atom. The zero-order valence-corrected chi connectivity index (χ0v) is 21.3. The third-order valence-electron chi connectivity index (χ3n) is 6.27. The minimum atomic E-state index is -5.00. The summed E-state index contributed by atoms with van der Waals surface area (Å²) in [6.45, 7) is 3.23. The number of amidine groups is 1. The topological polar surface area (TPSA) is 51.1 Å². The minimum Gasteiger partial charge on any atom is -0.493 e. The summed E-state index contributed by atoms with van der Waals surface area (Å²) in [5.41, 5.74) is -2.70. The van der Waals surface area contributed by atoms with Crippen molar-refractivity contribution in [2.75, 3.05) is 20.2 Å². The number of alkyl halides is 6. The number of carbonyl (C=O) groups excluding carboxylic acids is 1. The van der Waals surface area contributed by atoms with Gasteiger partial charge in [-0.15, -0.1) is 0 Å². The number of aliphatic imine (C=N–C) groups is 1. The second-order valence-electron chi connectivity index (χ2n) is 9.05. The van der Waals surface area contributed by atoms with E-state index < -0.39 is 35.6 Å². The quantitative estimate of drug-likeness (QED) is 0.292. The second-order valence-corrected chi connectivity index (χ2v) is 10.1. The normalized spacial score (nSPS) is 18.2. The fourth-order valence-corrected chi connectivity index (χ4v) is 5.04. The first-order valence-electron chi connectivity index (χ1n) is 11.7. The number of likely N-dealkylation sites (tertiary alicyclic amines) is 1. The average molecular weight is 559 g/mol. The Kier molecular flexibility index (Phi) is 8.01. The first kappa shape index (κ1) is 27.9. The molecule has 2 aromatic carbocycles. The van der Waals surface area contributed by atoms with E-state index in [1.807, 2.05) is 0 Å². The molecule has 1 saturated heterocycles. The predicted molar refractivity (Wildman–Crippen MR) is 132 cm³/mol. The van der Waals surface area contributed by atoms with Gasteiger partial charge >= 0.3 is 12.4 Å². The van der Waals surface area contributed by atoms with Crippen molar-refractivity contribution in [2.24, 2.45) is 10.9 Å². The number of rotatable bonds is 5. The van der Waals surface area contributed by atoms with Crippen LogP contribution >= 0.6 is 11.8 Å². The first-order chi connectivity index (χ1) is 17.8. The molecule has 0 atom stereocenters. The van der Waals surface area contributed by atoms with E-state index in [1.54, 1.807) is 18.2 Å². The number of methoxy groups -OCH3 is 1. The van der Waals surface area contributed by atoms with Crippen molar-refractivity contribution in [1.29, 1.82) is 0 Å². The van der Waals surface area contributed by atoms with E-state index in [9.17, 15) is 31.1 Å². The van der Waals surface area contributed by atoms with Gasteiger partial charge in [-0.3, -0.25) is 4.79 Å². The van der Waals surface area contributed by atoms with Crippen LogP contribution in [0.15, 0.2) is 46.3 Å². The Bertz CT molecular complexity index is 1260. The van der Waals surface area contributed by atoms with Gasteiger partial charge in [0.05, 0.1) is 23.1 Å². The molecule has 0 unspecified atom stereocenters. The molecular weight excluding hydrogens is 534 g/mol. The lowest BCUT2D eigenvalue weighted by molar-refractivity contribution is -0.143. The number of hydrogen-bond donors (Lipinski definition) is 0. The molecule has 2 heterocycles. The lowest BCUT2D eigenvalue weighted by atomic mass is 10.00. The molecule has 4 rings (SSSR count). The molecular formula is C26H24F6N2O3S. The van der Waals surface area contributed by atoms with Crippen molar-refractivity contribution in [1.82, 2.24) is 4.90 Å². The van der Waals surface area contributed by atoms with Crippen LogP contribution < -0.4 is 9.47 Å². The fourth-order valence-electron chi connectivity index (χ4n) is 4.08. The summed E-state index contributed by atoms with van der Waals surface area (Å²) in [5, 5.41) is 0.664. The van der Waals surface area contributed by atoms with Crippen LogP contribution in [-0.4, -0.2) is 36.2 Å². The van der Waals surface area contributed by atoms with Crippen molar-refractivity contribution in [3.63, 3.8) is 0 Å². The maximum absolute atomic E-state index is 13.4. The van der Waals surface area contributed by atoms with Gasteiger partial charge in [0.15, 0.2) is 16.7 Å². The zero-order valence-electron chi connectivity index (χ0n) is 20.4. The fraction of sp³-hybridized carbons (Fsp3) is 0.385. The Morgan fingerprint density at radius 2 is 1.74 bits per heavy atom. The molecule has 0 spiro atoms. The average Bonchev–Trinajstić information content (AvgIpc) is 3.22. The molecule has 2 aromatic rings. The Hall–Kier alpha value is -3.15. The van der Waals surface area contributed by atoms with E-state index in [0.717, 1.165) is 32.0 Å². The number of benzene rings is 2. The highest BCUT2D eigenvalue weighted by Crippen LogP contribution is 2.39. The van der Waals surface area contributed by atoms with Crippen LogP contribution in [0, 0.1) is 5.92 Å². The highest BCUT2D eigenvalue weighted by atomic mass is 32.2. The molecule has 1 amide bonds. The summed E-state index contributed by atoms with van der Waals surface area (Å²) in [7, 11) is 1.34. The molecule has 12 heteroatoms. The largest absolute Gasteiger partial charge is 0.493 e. The van der Waals surface area contributed by atoms with Crippen molar-refractivity contribution in [2.45, 2.75) is 38.7 Å². The van der Waals surface area contributed by atoms with Crippen LogP contribution in [-0.2, 0) is 23.8 Å². The monoisotopic (exact) mass is 558 g/mol. The number of ether oxygens (including phenoxy) is 2. The number of thioether (sulfide) groups is 1. The predicted octanol–water partition coefficient (Wildman–Crippen LogP) is 7.01. The molecule has 0 aromatic heterocycles. The van der Waals surface area contributed by atoms with Gasteiger partial charge in [-0.2, -0.15) is 31.3 Å². The lowest BCUT2D eigenvalue weighted by Gasteiger charge is -2.30. The van der Waals surface area contributed by atoms with Crippen LogP contribution in [0.1, 0.15) is 42.0 Å². The standard InChI is InChI=1S/C26H24F6N2O3S/c1-15-7-9-34(10-8-15)24-33-23(35)22(38-24)12-16-3-6-20(21(11-16)36-2)37-14-17-4-5-18(25(27,28)29)13-19(17)26(30,31)32/h3-6,11-13,15H,7-10,14H2,1-2H3. The van der Waals surface area contributed by atoms with Crippen molar-refractivity contribution in [3.05, 3.63) is 63.6 Å². The van der Waals surface area contributed by atoms with Gasteiger partial charge in [0, 0.05) is 18.7 Å². The van der Waals surface area contributed by atoms with Gasteiger partial charge in [0.25, 0.3) is 5.91 Å². The third-order valence-corrected chi connectivity index (χ3v) is 7.32. The van der Waals surface area contributed by atoms with Gasteiger partial charge in [-0.1, -0.05) is 19.1 Å². The van der Waals surface area contributed by atoms with Crippen LogP contribution in [0.3, 0.4) is 0 Å². The number of carbonyl (C=O) groups is 1. The van der Waals surface area contributed by atoms with Crippen LogP contribution in [0.25, 0.3) is 6.08 Å². The number of amides is 1. The number of halogens is 6. The molecule has 0 radical (unpaired) electrons. The van der Waals surface area contributed by atoms with Crippen molar-refractivity contribution < 1.29 is 40.6 Å². The van der Waals surface area contributed by atoms with Crippen molar-refractivity contribution in [3.8, 4) is 11.5 Å². The van der Waals surface area contributed by atoms with Crippen LogP contribution in [0.5, 0.6) is 11.5 Å². The van der Waals surface area contributed by atoms with Crippen LogP contribution in [0.2, 0.25) is 0 Å². The van der Waals surface area contributed by atoms with Gasteiger partial charge in [-0.25, -0.2) is 0 Å². The lowest BCUT2D eigenvalue weighted by Crippen LogP contribution is -2.35. The first-order valence-corrected chi connectivity index (χ1v) is 12.5. The maximum atomic E-state index is 13.4. The molecule has 0 aliphatic carbocycles. The van der Waals surface area contributed by atoms with Gasteiger partial charge in [0.1, 0.15) is 6.61 Å². The molecule has 38 heavy (non-hydrogen) atoms. The van der Waals surface area contributed by atoms with Gasteiger partial charge < -0.3 is 14.4 Å². The molecule has 0 bridgehead atoms. The molecule has 204 valence electrons. The Labute approximate surface area is 219 Å². The molecule has 1 fully saturated rings. The van der Waals surface area contributed by atoms with Gasteiger partial charge in [-0.05, 0) is 66.4 Å². The van der Waals surface area contributed by atoms with Gasteiger partial charge in [0.2, 0.25) is 0 Å². The zero-order chi connectivity index (χ0) is 27.7. The molecule has 5 nitrogen and oxygen atoms in total. The van der Waals surface area contributed by atoms with Crippen molar-refractivity contribution >= 4 is 28.9 Å². The smallest absolute Gasteiger partial charge is 0.416 e. The highest BCUT2D eigenvalue weighted by Gasteiger charge is 2.38. The Balaban J connectivity index is 1.49. The van der Waals surface area contributed by atoms with E-state index >= 15 is 0 Å². The van der Waals surface area contributed by atoms with Crippen LogP contribution in [0.4, 0.5) is 26.3 Å². The maximum Gasteiger partial charge on any atom is 0.416 e. The van der Waals surface area contributed by atoms with E-state index in [0.29, 0.717) is 27.6 Å². The SMILES string of the molecule is COc1cc(C=C2SC(N3CCC(C)CC3)=NC2=O)ccc1OCc1ccc(C(F)(F)F)cc1C(F)(F)F. The molecule has 2 aliphatic rings. The van der Waals surface area contributed by atoms with E-state index in [4.69, 9.17) is 9.47 Å². The number of nitrogens with zero attached hydrogens (tertiary/aromatic N) is 2. The summed E-state index contributed by atoms with van der Waals surface area (Å²) < 4.78 is 89.9. The highest BCUT2D eigenvalue weighted by molar-refractivity contribution is 8.18. The summed E-state index contributed by atoms with van der Waals surface area (Å²) in [5.74, 6) is 0.551. The summed E-state index contributed by atoms with van der Waals surface area (Å²) in [6, 6.07) is 6.01. The summed E-state index contributed by atoms with van der Waals surface area (Å²) >= 11 is 1.28. The minimum absolute atomic E-state index is 0.0717. The summed E-state index contributed by atoms with van der Waals surface area (Å²) in [4.78, 5) is 19.1. The van der Waals surface area contributed by atoms with E-state index in [2.05, 4.69) is 16.8 Å². The third kappa shape index (κ3) is 6.46. The number of hydrogen-bond acceptors (Lipinski definition) is 5. The molecule has 2 aliphatic heterocycles. The number of piperidine rings is 1. The second kappa shape index (κ2) is 10.9. The Morgan fingerprint density at radius 1 is 1.03 bits per heavy atom. The van der Waals surface area contributed by atoms with E-state index in [1.165, 1.54) is 24.9 Å². The van der Waals surface area contributed by atoms with E-state index in [-0.39, 0.29) is 23.5 Å². The molecule has 0 saturated carbocycles. The summed E-state index contributed by atoms with van der Waals surface area (Å²) in [6.07, 6.45) is -6.21.